The Morgan fingerprint density at radius 3 is 1.18 bits per heavy atom. The van der Waals surface area contributed by atoms with Gasteiger partial charge < -0.3 is 28.4 Å². The molecule has 0 saturated carbocycles. The van der Waals surface area contributed by atoms with Gasteiger partial charge in [-0.3, -0.25) is 8.42 Å². The minimum Gasteiger partial charge on any atom is -0.759 e. The summed E-state index contributed by atoms with van der Waals surface area (Å²) >= 11 is 0. The second kappa shape index (κ2) is 15.1. The highest BCUT2D eigenvalue weighted by molar-refractivity contribution is 7.79. The molecule has 2 saturated heterocycles. The third-order valence-corrected chi connectivity index (χ3v) is 2.69. The lowest BCUT2D eigenvalue weighted by atomic mass is 10.5. The number of nitriles is 1. The molecule has 22 heavy (non-hydrogen) atoms. The summed E-state index contributed by atoms with van der Waals surface area (Å²) in [5.74, 6) is 0. The van der Waals surface area contributed by atoms with E-state index in [1.54, 1.807) is 15.9 Å². The maximum Gasteiger partial charge on any atom is 0.101 e. The second-order valence-corrected chi connectivity index (χ2v) is 5.59. The molecule has 0 aliphatic carbocycles. The molecule has 0 atom stereocenters. The predicted octanol–water partition coefficient (Wildman–Crippen LogP) is -3.75. The molecule has 0 unspecified atom stereocenters. The zero-order valence-corrected chi connectivity index (χ0v) is 14.3. The zero-order valence-electron chi connectivity index (χ0n) is 13.5. The molecule has 0 spiro atoms. The second-order valence-electron chi connectivity index (χ2n) is 4.77. The van der Waals surface area contributed by atoms with Crippen molar-refractivity contribution in [2.45, 2.75) is 6.92 Å². The van der Waals surface area contributed by atoms with Gasteiger partial charge in [0.2, 0.25) is 0 Å². The Hall–Kier alpha value is -0.800. The van der Waals surface area contributed by atoms with Crippen LogP contribution in [0.3, 0.4) is 0 Å². The van der Waals surface area contributed by atoms with Crippen molar-refractivity contribution in [1.82, 2.24) is 0 Å². The molecule has 0 bridgehead atoms. The molecular formula is C12H27N3O6S. The van der Waals surface area contributed by atoms with Crippen LogP contribution in [0.15, 0.2) is 0 Å². The Bertz CT molecular complexity index is 349. The first kappa shape index (κ1) is 23.5. The molecule has 2 fully saturated rings. The number of likely N-dealkylation sites (N-methyl/N-ethyl adjacent to an activating group) is 2. The summed E-state index contributed by atoms with van der Waals surface area (Å²) in [4.78, 5) is 3.18. The normalized spacial score (nSPS) is 19.1. The third kappa shape index (κ3) is 27.5. The van der Waals surface area contributed by atoms with Crippen LogP contribution in [0.1, 0.15) is 6.92 Å². The van der Waals surface area contributed by atoms with Crippen molar-refractivity contribution in [2.24, 2.45) is 0 Å². The van der Waals surface area contributed by atoms with Gasteiger partial charge in [0.05, 0.1) is 46.6 Å². The number of morpholine rings is 2. The molecule has 0 radical (unpaired) electrons. The zero-order chi connectivity index (χ0) is 17.4. The van der Waals surface area contributed by atoms with Crippen LogP contribution in [0, 0.1) is 11.3 Å². The molecular weight excluding hydrogens is 314 g/mol. The van der Waals surface area contributed by atoms with Crippen molar-refractivity contribution < 1.29 is 36.8 Å². The number of quaternary nitrogens is 2. The summed E-state index contributed by atoms with van der Waals surface area (Å²) in [6, 6.07) is 1.75. The monoisotopic (exact) mass is 341 g/mol. The summed E-state index contributed by atoms with van der Waals surface area (Å²) in [6.45, 7) is 9.95. The molecule has 2 N–H and O–H groups in total. The quantitative estimate of drug-likeness (QED) is 0.342. The van der Waals surface area contributed by atoms with E-state index in [4.69, 9.17) is 32.3 Å². The molecule has 0 aromatic rings. The van der Waals surface area contributed by atoms with Gasteiger partial charge >= 0.3 is 0 Å². The van der Waals surface area contributed by atoms with Gasteiger partial charge in [0.1, 0.15) is 26.2 Å². The van der Waals surface area contributed by atoms with Gasteiger partial charge in [0, 0.05) is 17.3 Å². The Morgan fingerprint density at radius 2 is 1.09 bits per heavy atom. The van der Waals surface area contributed by atoms with Gasteiger partial charge in [0.15, 0.2) is 0 Å². The Kier molecular flexibility index (Phi) is 16.1. The SMILES string of the molecule is CC#N.C[NH+]1CCOCC1.C[NH+]1CCOCC1.O=S(=O)([O-])[O-]. The van der Waals surface area contributed by atoms with Crippen molar-refractivity contribution in [3.05, 3.63) is 0 Å². The van der Waals surface area contributed by atoms with Crippen molar-refractivity contribution in [3.63, 3.8) is 0 Å². The number of rotatable bonds is 0. The molecule has 132 valence electrons. The highest BCUT2D eigenvalue weighted by Gasteiger charge is 2.06. The lowest BCUT2D eigenvalue weighted by Crippen LogP contribution is -3.11. The van der Waals surface area contributed by atoms with E-state index in [1.807, 2.05) is 0 Å². The minimum atomic E-state index is -5.17. The highest BCUT2D eigenvalue weighted by Crippen LogP contribution is 1.72. The lowest BCUT2D eigenvalue weighted by Gasteiger charge is -2.18. The topological polar surface area (TPSA) is 131 Å². The van der Waals surface area contributed by atoms with Crippen LogP contribution in [0.5, 0.6) is 0 Å². The van der Waals surface area contributed by atoms with Crippen LogP contribution in [0.2, 0.25) is 0 Å². The Morgan fingerprint density at radius 1 is 0.909 bits per heavy atom. The van der Waals surface area contributed by atoms with Gasteiger partial charge in [-0.1, -0.05) is 0 Å². The maximum atomic E-state index is 8.52. The number of ether oxygens (including phenoxy) is 2. The number of nitrogens with one attached hydrogen (secondary N) is 2. The summed E-state index contributed by atoms with van der Waals surface area (Å²) in [5, 5.41) is 7.32. The summed E-state index contributed by atoms with van der Waals surface area (Å²) in [7, 11) is -0.773. The van der Waals surface area contributed by atoms with Gasteiger partial charge in [-0.25, -0.2) is 0 Å². The van der Waals surface area contributed by atoms with Gasteiger partial charge in [-0.2, -0.15) is 5.26 Å². The van der Waals surface area contributed by atoms with Crippen LogP contribution < -0.4 is 9.80 Å². The fraction of sp³-hybridized carbons (Fsp3) is 0.917. The largest absolute Gasteiger partial charge is 0.759 e. The van der Waals surface area contributed by atoms with Crippen LogP contribution in [-0.2, 0) is 19.9 Å². The first-order valence-electron chi connectivity index (χ1n) is 6.96. The fourth-order valence-electron chi connectivity index (χ4n) is 1.44. The third-order valence-electron chi connectivity index (χ3n) is 2.69. The van der Waals surface area contributed by atoms with E-state index in [0.717, 1.165) is 26.4 Å². The molecule has 0 aromatic heterocycles. The Balaban J connectivity index is 0. The van der Waals surface area contributed by atoms with Crippen LogP contribution >= 0.6 is 0 Å². The van der Waals surface area contributed by atoms with Crippen molar-refractivity contribution in [2.75, 3.05) is 66.7 Å². The van der Waals surface area contributed by atoms with E-state index in [2.05, 4.69) is 14.1 Å². The molecule has 0 amide bonds. The van der Waals surface area contributed by atoms with Crippen molar-refractivity contribution in [1.29, 1.82) is 5.26 Å². The van der Waals surface area contributed by atoms with E-state index >= 15 is 0 Å². The molecule has 2 aliphatic heterocycles. The Labute approximate surface area is 133 Å². The predicted molar refractivity (Wildman–Crippen MR) is 76.6 cm³/mol. The van der Waals surface area contributed by atoms with Gasteiger partial charge in [-0.15, -0.1) is 0 Å². The molecule has 0 aromatic carbocycles. The minimum absolute atomic E-state index is 0.950. The maximum absolute atomic E-state index is 8.52. The van der Waals surface area contributed by atoms with Crippen LogP contribution in [-0.4, -0.2) is 84.2 Å². The average Bonchev–Trinajstić information content (AvgIpc) is 2.40. The van der Waals surface area contributed by atoms with E-state index in [1.165, 1.54) is 33.1 Å². The molecule has 9 nitrogen and oxygen atoms in total. The smallest absolute Gasteiger partial charge is 0.101 e. The molecule has 2 aliphatic rings. The first-order valence-corrected chi connectivity index (χ1v) is 8.29. The van der Waals surface area contributed by atoms with Crippen LogP contribution in [0.4, 0.5) is 0 Å². The highest BCUT2D eigenvalue weighted by atomic mass is 32.3. The molecule has 2 heterocycles. The standard InChI is InChI=1S/2C5H11NO.C2H3N.H2O4S/c2*1-6-2-4-7-5-3-6;1-2-3;1-5(2,3)4/h2*2-5H2,1H3;1H3;(H2,1,2,3,4). The summed E-state index contributed by atoms with van der Waals surface area (Å²) in [5.41, 5.74) is 0. The van der Waals surface area contributed by atoms with Crippen molar-refractivity contribution in [3.8, 4) is 6.07 Å². The van der Waals surface area contributed by atoms with E-state index in [9.17, 15) is 0 Å². The van der Waals surface area contributed by atoms with Crippen molar-refractivity contribution >= 4 is 10.4 Å². The summed E-state index contributed by atoms with van der Waals surface area (Å²) in [6.07, 6.45) is 0. The molecule has 2 rings (SSSR count). The summed E-state index contributed by atoms with van der Waals surface area (Å²) < 4.78 is 44.3. The van der Waals surface area contributed by atoms with E-state index < -0.39 is 10.4 Å². The van der Waals surface area contributed by atoms with E-state index in [-0.39, 0.29) is 0 Å². The fourth-order valence-corrected chi connectivity index (χ4v) is 1.44. The molecule has 10 heteroatoms. The van der Waals surface area contributed by atoms with Crippen LogP contribution in [0.25, 0.3) is 0 Å². The van der Waals surface area contributed by atoms with Gasteiger partial charge in [-0.05, 0) is 0 Å². The van der Waals surface area contributed by atoms with E-state index in [0.29, 0.717) is 0 Å². The number of nitrogens with zero attached hydrogens (tertiary/aromatic N) is 1. The lowest BCUT2D eigenvalue weighted by molar-refractivity contribution is -0.888. The van der Waals surface area contributed by atoms with Gasteiger partial charge in [0.25, 0.3) is 0 Å². The number of hydrogen-bond donors (Lipinski definition) is 2. The number of hydrogen-bond acceptors (Lipinski definition) is 7. The average molecular weight is 341 g/mol. The first-order chi connectivity index (χ1) is 10.2.